The van der Waals surface area contributed by atoms with E-state index in [1.54, 1.807) is 6.07 Å². The average Bonchev–Trinajstić information content (AvgIpc) is 2.67. The predicted molar refractivity (Wildman–Crippen MR) is 80.8 cm³/mol. The van der Waals surface area contributed by atoms with Gasteiger partial charge in [0.15, 0.2) is 0 Å². The smallest absolute Gasteiger partial charge is 0.135 e. The molecule has 5 nitrogen and oxygen atoms in total. The van der Waals surface area contributed by atoms with Gasteiger partial charge in [-0.05, 0) is 26.8 Å². The van der Waals surface area contributed by atoms with Crippen molar-refractivity contribution >= 4 is 11.6 Å². The van der Waals surface area contributed by atoms with Crippen molar-refractivity contribution in [2.24, 2.45) is 0 Å². The van der Waals surface area contributed by atoms with Crippen LogP contribution in [0.25, 0.3) is 0 Å². The van der Waals surface area contributed by atoms with Crippen molar-refractivity contribution in [3.05, 3.63) is 35.0 Å². The first kappa shape index (κ1) is 14.4. The Labute approximate surface area is 119 Å². The number of nitrogens with two attached hydrogens (primary N) is 1. The number of nitrogens with one attached hydrogen (secondary N) is 1. The molecule has 0 saturated heterocycles. The minimum Gasteiger partial charge on any atom is -0.466 e. The molecule has 2 aromatic rings. The van der Waals surface area contributed by atoms with Gasteiger partial charge >= 0.3 is 0 Å². The van der Waals surface area contributed by atoms with Crippen LogP contribution in [0.2, 0.25) is 0 Å². The van der Waals surface area contributed by atoms with E-state index in [0.717, 1.165) is 28.7 Å². The van der Waals surface area contributed by atoms with Crippen molar-refractivity contribution in [1.29, 1.82) is 0 Å². The first-order valence-corrected chi connectivity index (χ1v) is 6.84. The van der Waals surface area contributed by atoms with E-state index in [0.29, 0.717) is 5.82 Å². The Morgan fingerprint density at radius 1 is 1.15 bits per heavy atom. The van der Waals surface area contributed by atoms with Crippen LogP contribution in [0.4, 0.5) is 11.6 Å². The Bertz CT molecular complexity index is 604. The molecule has 0 fully saturated rings. The summed E-state index contributed by atoms with van der Waals surface area (Å²) in [5.41, 5.74) is 6.97. The van der Waals surface area contributed by atoms with Gasteiger partial charge in [0.2, 0.25) is 0 Å². The third kappa shape index (κ3) is 3.10. The summed E-state index contributed by atoms with van der Waals surface area (Å²) in [5, 5.41) is 3.36. The molecule has 2 heterocycles. The molecule has 0 bridgehead atoms. The average molecular weight is 274 g/mol. The fraction of sp³-hybridized carbons (Fsp3) is 0.467. The number of nitrogen functional groups attached to an aromatic ring is 1. The lowest BCUT2D eigenvalue weighted by Gasteiger charge is -2.15. The zero-order chi connectivity index (χ0) is 14.9. The largest absolute Gasteiger partial charge is 0.466 e. The van der Waals surface area contributed by atoms with E-state index in [1.807, 2.05) is 33.8 Å². The van der Waals surface area contributed by atoms with Crippen LogP contribution in [0.1, 0.15) is 55.6 Å². The van der Waals surface area contributed by atoms with Crippen LogP contribution in [0.15, 0.2) is 16.5 Å². The van der Waals surface area contributed by atoms with Crippen molar-refractivity contribution in [1.82, 2.24) is 9.97 Å². The van der Waals surface area contributed by atoms with Crippen LogP contribution in [0, 0.1) is 13.8 Å². The van der Waals surface area contributed by atoms with E-state index in [1.165, 1.54) is 0 Å². The molecule has 0 saturated carbocycles. The number of aryl methyl sites for hydroxylation is 2. The quantitative estimate of drug-likeness (QED) is 0.891. The van der Waals surface area contributed by atoms with Gasteiger partial charge in [0.25, 0.3) is 0 Å². The van der Waals surface area contributed by atoms with Gasteiger partial charge in [0.05, 0.1) is 6.04 Å². The first-order valence-electron chi connectivity index (χ1n) is 6.84. The minimum atomic E-state index is 0.0989. The molecule has 3 N–H and O–H groups in total. The molecule has 2 rings (SSSR count). The van der Waals surface area contributed by atoms with E-state index < -0.39 is 0 Å². The fourth-order valence-corrected chi connectivity index (χ4v) is 2.20. The molecule has 0 amide bonds. The zero-order valence-electron chi connectivity index (χ0n) is 12.7. The fourth-order valence-electron chi connectivity index (χ4n) is 2.20. The standard InChI is InChI=1S/C15H22N4O/c1-8(2)15-18-13(16)7-14(19-15)17-10(4)12-6-9(3)20-11(12)5/h6-8,10H,1-5H3,(H3,16,17,18,19). The molecular weight excluding hydrogens is 252 g/mol. The van der Waals surface area contributed by atoms with E-state index in [2.05, 4.69) is 22.2 Å². The number of hydrogen-bond donors (Lipinski definition) is 2. The summed E-state index contributed by atoms with van der Waals surface area (Å²) >= 11 is 0. The summed E-state index contributed by atoms with van der Waals surface area (Å²) in [6.45, 7) is 10.1. The number of nitrogens with zero attached hydrogens (tertiary/aromatic N) is 2. The van der Waals surface area contributed by atoms with Crippen molar-refractivity contribution in [2.45, 2.75) is 46.6 Å². The topological polar surface area (TPSA) is 77.0 Å². The monoisotopic (exact) mass is 274 g/mol. The predicted octanol–water partition coefficient (Wildman–Crippen LogP) is 3.57. The number of hydrogen-bond acceptors (Lipinski definition) is 5. The molecular formula is C15H22N4O. The summed E-state index contributed by atoms with van der Waals surface area (Å²) in [6.07, 6.45) is 0. The van der Waals surface area contributed by atoms with Gasteiger partial charge in [-0.15, -0.1) is 0 Å². The molecule has 20 heavy (non-hydrogen) atoms. The van der Waals surface area contributed by atoms with Crippen molar-refractivity contribution in [2.75, 3.05) is 11.1 Å². The Morgan fingerprint density at radius 2 is 1.85 bits per heavy atom. The number of rotatable bonds is 4. The van der Waals surface area contributed by atoms with Gasteiger partial charge in [-0.3, -0.25) is 0 Å². The van der Waals surface area contributed by atoms with Gasteiger partial charge in [0, 0.05) is 17.5 Å². The highest BCUT2D eigenvalue weighted by Crippen LogP contribution is 2.25. The first-order chi connectivity index (χ1) is 9.36. The van der Waals surface area contributed by atoms with E-state index in [-0.39, 0.29) is 12.0 Å². The minimum absolute atomic E-state index is 0.0989. The third-order valence-electron chi connectivity index (χ3n) is 3.19. The Kier molecular flexibility index (Phi) is 3.97. The lowest BCUT2D eigenvalue weighted by atomic mass is 10.1. The molecule has 2 aromatic heterocycles. The zero-order valence-corrected chi connectivity index (χ0v) is 12.7. The van der Waals surface area contributed by atoms with Crippen LogP contribution >= 0.6 is 0 Å². The molecule has 5 heteroatoms. The number of aromatic nitrogens is 2. The molecule has 0 aromatic carbocycles. The van der Waals surface area contributed by atoms with Crippen molar-refractivity contribution in [3.63, 3.8) is 0 Å². The van der Waals surface area contributed by atoms with Gasteiger partial charge < -0.3 is 15.5 Å². The molecule has 1 unspecified atom stereocenters. The highest BCUT2D eigenvalue weighted by Gasteiger charge is 2.14. The maximum atomic E-state index is 5.84. The summed E-state index contributed by atoms with van der Waals surface area (Å²) in [6, 6.07) is 3.90. The Balaban J connectivity index is 2.23. The van der Waals surface area contributed by atoms with E-state index in [9.17, 15) is 0 Å². The molecule has 0 aliphatic carbocycles. The summed E-state index contributed by atoms with van der Waals surface area (Å²) < 4.78 is 5.56. The van der Waals surface area contributed by atoms with Gasteiger partial charge in [-0.1, -0.05) is 13.8 Å². The Hall–Kier alpha value is -2.04. The molecule has 0 aliphatic rings. The number of furan rings is 1. The van der Waals surface area contributed by atoms with Crippen molar-refractivity contribution < 1.29 is 4.42 Å². The summed E-state index contributed by atoms with van der Waals surface area (Å²) in [7, 11) is 0. The van der Waals surface area contributed by atoms with Crippen LogP contribution in [0.3, 0.4) is 0 Å². The third-order valence-corrected chi connectivity index (χ3v) is 3.19. The van der Waals surface area contributed by atoms with E-state index in [4.69, 9.17) is 10.2 Å². The second-order valence-corrected chi connectivity index (χ2v) is 5.43. The van der Waals surface area contributed by atoms with Crippen LogP contribution in [0.5, 0.6) is 0 Å². The summed E-state index contributed by atoms with van der Waals surface area (Å²) in [4.78, 5) is 8.75. The molecule has 0 spiro atoms. The summed E-state index contributed by atoms with van der Waals surface area (Å²) in [5.74, 6) is 4.06. The number of anilines is 2. The van der Waals surface area contributed by atoms with Crippen LogP contribution < -0.4 is 11.1 Å². The molecule has 0 radical (unpaired) electrons. The molecule has 0 aliphatic heterocycles. The lowest BCUT2D eigenvalue weighted by Crippen LogP contribution is -2.11. The molecule has 108 valence electrons. The second kappa shape index (κ2) is 5.53. The maximum absolute atomic E-state index is 5.84. The van der Waals surface area contributed by atoms with Crippen LogP contribution in [-0.4, -0.2) is 9.97 Å². The second-order valence-electron chi connectivity index (χ2n) is 5.43. The highest BCUT2D eigenvalue weighted by atomic mass is 16.3. The van der Waals surface area contributed by atoms with Gasteiger partial charge in [-0.2, -0.15) is 0 Å². The highest BCUT2D eigenvalue weighted by molar-refractivity contribution is 5.47. The van der Waals surface area contributed by atoms with Crippen LogP contribution in [-0.2, 0) is 0 Å². The van der Waals surface area contributed by atoms with Gasteiger partial charge in [-0.25, -0.2) is 9.97 Å². The molecule has 1 atom stereocenters. The normalized spacial score (nSPS) is 12.7. The van der Waals surface area contributed by atoms with Gasteiger partial charge in [0.1, 0.15) is 29.0 Å². The van der Waals surface area contributed by atoms with E-state index >= 15 is 0 Å². The Morgan fingerprint density at radius 3 is 2.40 bits per heavy atom. The lowest BCUT2D eigenvalue weighted by molar-refractivity contribution is 0.499. The maximum Gasteiger partial charge on any atom is 0.135 e. The SMILES string of the molecule is Cc1cc(C(C)Nc2cc(N)nc(C(C)C)n2)c(C)o1. The van der Waals surface area contributed by atoms with Crippen molar-refractivity contribution in [3.8, 4) is 0 Å².